The molecule has 5 nitrogen and oxygen atoms in total. The van der Waals surface area contributed by atoms with E-state index in [4.69, 9.17) is 23.9 Å². The molecule has 0 atom stereocenters. The van der Waals surface area contributed by atoms with Gasteiger partial charge in [-0.3, -0.25) is 4.98 Å². The van der Waals surface area contributed by atoms with E-state index < -0.39 is 0 Å². The van der Waals surface area contributed by atoms with E-state index in [1.165, 1.54) is 0 Å². The molecular weight excluding hydrogens is 498 g/mol. The van der Waals surface area contributed by atoms with Crippen LogP contribution >= 0.6 is 0 Å². The first kappa shape index (κ1) is 26.8. The summed E-state index contributed by atoms with van der Waals surface area (Å²) in [5, 5.41) is 0. The molecular formula is C35H33NO4. The Morgan fingerprint density at radius 3 is 1.40 bits per heavy atom. The largest absolute Gasteiger partial charge is 0.497 e. The summed E-state index contributed by atoms with van der Waals surface area (Å²) in [7, 11) is 3.33. The lowest BCUT2D eigenvalue weighted by atomic mass is 9.93. The summed E-state index contributed by atoms with van der Waals surface area (Å²) in [6.45, 7) is 5.08. The van der Waals surface area contributed by atoms with Gasteiger partial charge in [0.2, 0.25) is 0 Å². The van der Waals surface area contributed by atoms with Gasteiger partial charge in [0, 0.05) is 17.0 Å². The van der Waals surface area contributed by atoms with Crippen molar-refractivity contribution in [1.82, 2.24) is 4.98 Å². The van der Waals surface area contributed by atoms with Crippen LogP contribution in [0.25, 0.3) is 22.3 Å². The lowest BCUT2D eigenvalue weighted by Crippen LogP contribution is -1.98. The molecule has 0 aliphatic carbocycles. The van der Waals surface area contributed by atoms with Gasteiger partial charge in [-0.1, -0.05) is 48.5 Å². The molecule has 0 N–H and O–H groups in total. The number of methoxy groups -OCH3 is 2. The van der Waals surface area contributed by atoms with Gasteiger partial charge in [-0.15, -0.1) is 0 Å². The molecule has 5 aromatic rings. The SMILES string of the molecule is COc1ccc(COc2ccc(-c3cc(C)nc(C)c3-c3ccc(OCc4ccc(OC)cc4)cc3)cc2)cc1. The summed E-state index contributed by atoms with van der Waals surface area (Å²) in [6.07, 6.45) is 0. The van der Waals surface area contributed by atoms with Crippen LogP contribution in [0.15, 0.2) is 103 Å². The summed E-state index contributed by atoms with van der Waals surface area (Å²) >= 11 is 0. The maximum Gasteiger partial charge on any atom is 0.119 e. The summed E-state index contributed by atoms with van der Waals surface area (Å²) in [5.41, 5.74) is 8.60. The molecule has 0 aliphatic rings. The van der Waals surface area contributed by atoms with E-state index in [9.17, 15) is 0 Å². The molecule has 0 saturated heterocycles. The average Bonchev–Trinajstić information content (AvgIpc) is 3.00. The fourth-order valence-corrected chi connectivity index (χ4v) is 4.65. The average molecular weight is 532 g/mol. The Morgan fingerprint density at radius 1 is 0.525 bits per heavy atom. The molecule has 202 valence electrons. The molecule has 0 fully saturated rings. The van der Waals surface area contributed by atoms with Crippen LogP contribution in [0.2, 0.25) is 0 Å². The normalized spacial score (nSPS) is 10.7. The monoisotopic (exact) mass is 531 g/mol. The third-order valence-electron chi connectivity index (χ3n) is 6.77. The molecule has 0 spiro atoms. The first-order valence-electron chi connectivity index (χ1n) is 13.2. The van der Waals surface area contributed by atoms with Gasteiger partial charge in [0.15, 0.2) is 0 Å². The van der Waals surface area contributed by atoms with Crippen LogP contribution in [-0.2, 0) is 13.2 Å². The molecule has 0 bridgehead atoms. The van der Waals surface area contributed by atoms with Crippen molar-refractivity contribution in [2.24, 2.45) is 0 Å². The van der Waals surface area contributed by atoms with Gasteiger partial charge in [0.05, 0.1) is 14.2 Å². The minimum Gasteiger partial charge on any atom is -0.497 e. The summed E-state index contributed by atoms with van der Waals surface area (Å²) in [5.74, 6) is 3.31. The molecule has 1 aromatic heterocycles. The van der Waals surface area contributed by atoms with Crippen LogP contribution in [-0.4, -0.2) is 19.2 Å². The van der Waals surface area contributed by atoms with Crippen LogP contribution < -0.4 is 18.9 Å². The molecule has 4 aromatic carbocycles. The van der Waals surface area contributed by atoms with Gasteiger partial charge >= 0.3 is 0 Å². The second kappa shape index (κ2) is 12.4. The van der Waals surface area contributed by atoms with E-state index in [1.807, 2.05) is 79.7 Å². The predicted octanol–water partition coefficient (Wildman–Crippen LogP) is 8.21. The number of aryl methyl sites for hydroxylation is 2. The molecule has 40 heavy (non-hydrogen) atoms. The van der Waals surface area contributed by atoms with Gasteiger partial charge in [-0.2, -0.15) is 0 Å². The summed E-state index contributed by atoms with van der Waals surface area (Å²) < 4.78 is 22.5. The highest BCUT2D eigenvalue weighted by molar-refractivity contribution is 5.85. The second-order valence-corrected chi connectivity index (χ2v) is 9.59. The maximum absolute atomic E-state index is 6.03. The minimum atomic E-state index is 0.493. The quantitative estimate of drug-likeness (QED) is 0.182. The van der Waals surface area contributed by atoms with Gasteiger partial charge < -0.3 is 18.9 Å². The molecule has 0 amide bonds. The van der Waals surface area contributed by atoms with Gasteiger partial charge in [0.1, 0.15) is 36.2 Å². The number of pyridine rings is 1. The molecule has 5 heteroatoms. The van der Waals surface area contributed by atoms with Crippen LogP contribution in [0.5, 0.6) is 23.0 Å². The Bertz CT molecular complexity index is 1540. The lowest BCUT2D eigenvalue weighted by Gasteiger charge is -2.15. The molecule has 0 saturated carbocycles. The van der Waals surface area contributed by atoms with Crippen molar-refractivity contribution in [3.63, 3.8) is 0 Å². The first-order chi connectivity index (χ1) is 19.5. The van der Waals surface area contributed by atoms with Gasteiger partial charge in [-0.05, 0) is 96.3 Å². The summed E-state index contributed by atoms with van der Waals surface area (Å²) in [6, 6.07) is 34.4. The molecule has 5 rings (SSSR count). The topological polar surface area (TPSA) is 49.8 Å². The van der Waals surface area contributed by atoms with E-state index in [0.717, 1.165) is 67.8 Å². The van der Waals surface area contributed by atoms with E-state index in [-0.39, 0.29) is 0 Å². The second-order valence-electron chi connectivity index (χ2n) is 9.59. The number of rotatable bonds is 10. The molecule has 0 unspecified atom stereocenters. The molecule has 0 radical (unpaired) electrons. The zero-order chi connectivity index (χ0) is 27.9. The lowest BCUT2D eigenvalue weighted by molar-refractivity contribution is 0.306. The Kier molecular flexibility index (Phi) is 8.31. The fourth-order valence-electron chi connectivity index (χ4n) is 4.65. The number of ether oxygens (including phenoxy) is 4. The number of aromatic nitrogens is 1. The Balaban J connectivity index is 1.31. The van der Waals surface area contributed by atoms with Crippen LogP contribution in [0, 0.1) is 13.8 Å². The van der Waals surface area contributed by atoms with Crippen molar-refractivity contribution in [1.29, 1.82) is 0 Å². The third kappa shape index (κ3) is 6.44. The Hall–Kier alpha value is -4.77. The predicted molar refractivity (Wildman–Crippen MR) is 159 cm³/mol. The van der Waals surface area contributed by atoms with Crippen LogP contribution in [0.3, 0.4) is 0 Å². The van der Waals surface area contributed by atoms with Crippen molar-refractivity contribution in [2.75, 3.05) is 14.2 Å². The molecule has 1 heterocycles. The van der Waals surface area contributed by atoms with Crippen LogP contribution in [0.1, 0.15) is 22.5 Å². The fraction of sp³-hybridized carbons (Fsp3) is 0.171. The van der Waals surface area contributed by atoms with Gasteiger partial charge in [-0.25, -0.2) is 0 Å². The first-order valence-corrected chi connectivity index (χ1v) is 13.2. The zero-order valence-corrected chi connectivity index (χ0v) is 23.3. The van der Waals surface area contributed by atoms with E-state index in [0.29, 0.717) is 13.2 Å². The zero-order valence-electron chi connectivity index (χ0n) is 23.3. The van der Waals surface area contributed by atoms with E-state index in [2.05, 4.69) is 37.3 Å². The van der Waals surface area contributed by atoms with Crippen molar-refractivity contribution in [3.8, 4) is 45.3 Å². The Labute approximate surface area is 236 Å². The third-order valence-corrected chi connectivity index (χ3v) is 6.77. The number of benzene rings is 4. The van der Waals surface area contributed by atoms with Crippen molar-refractivity contribution in [2.45, 2.75) is 27.1 Å². The van der Waals surface area contributed by atoms with Crippen molar-refractivity contribution in [3.05, 3.63) is 126 Å². The number of nitrogens with zero attached hydrogens (tertiary/aromatic N) is 1. The standard InChI is InChI=1S/C35H33NO4/c1-24-21-34(28-9-17-32(18-10-28)39-22-26-5-13-30(37-3)14-6-26)35(25(2)36-24)29-11-19-33(20-12-29)40-23-27-7-15-31(38-4)16-8-27/h5-21H,22-23H2,1-4H3. The van der Waals surface area contributed by atoms with Crippen LogP contribution in [0.4, 0.5) is 0 Å². The van der Waals surface area contributed by atoms with E-state index in [1.54, 1.807) is 14.2 Å². The highest BCUT2D eigenvalue weighted by Gasteiger charge is 2.13. The van der Waals surface area contributed by atoms with Crippen molar-refractivity contribution < 1.29 is 18.9 Å². The number of hydrogen-bond donors (Lipinski definition) is 0. The number of hydrogen-bond acceptors (Lipinski definition) is 5. The van der Waals surface area contributed by atoms with E-state index >= 15 is 0 Å². The minimum absolute atomic E-state index is 0.493. The Morgan fingerprint density at radius 2 is 0.950 bits per heavy atom. The molecule has 0 aliphatic heterocycles. The highest BCUT2D eigenvalue weighted by Crippen LogP contribution is 2.36. The smallest absolute Gasteiger partial charge is 0.119 e. The van der Waals surface area contributed by atoms with Crippen molar-refractivity contribution >= 4 is 0 Å². The van der Waals surface area contributed by atoms with Gasteiger partial charge in [0.25, 0.3) is 0 Å². The summed E-state index contributed by atoms with van der Waals surface area (Å²) in [4.78, 5) is 4.77. The highest BCUT2D eigenvalue weighted by atomic mass is 16.5. The maximum atomic E-state index is 6.03.